The minimum Gasteiger partial charge on any atom is -0.318 e. The van der Waals surface area contributed by atoms with Gasteiger partial charge in [-0.15, -0.1) is 5.10 Å². The minimum atomic E-state index is -0.697. The highest BCUT2D eigenvalue weighted by Crippen LogP contribution is 2.24. The topological polar surface area (TPSA) is 101 Å². The van der Waals surface area contributed by atoms with Crippen LogP contribution in [0, 0.1) is 25.5 Å². The number of H-pyrrole nitrogens is 1. The molecule has 0 unspecified atom stereocenters. The zero-order chi connectivity index (χ0) is 23.1. The highest BCUT2D eigenvalue weighted by molar-refractivity contribution is 6.07. The van der Waals surface area contributed by atoms with Crippen LogP contribution in [-0.4, -0.2) is 35.7 Å². The molecule has 164 valence electrons. The summed E-state index contributed by atoms with van der Waals surface area (Å²) in [6.45, 7) is 3.79. The Kier molecular flexibility index (Phi) is 4.89. The summed E-state index contributed by atoms with van der Waals surface area (Å²) >= 11 is 0. The van der Waals surface area contributed by atoms with E-state index in [2.05, 4.69) is 30.6 Å². The van der Waals surface area contributed by atoms with Gasteiger partial charge in [0.1, 0.15) is 11.5 Å². The van der Waals surface area contributed by atoms with Gasteiger partial charge in [0.15, 0.2) is 17.3 Å². The summed E-state index contributed by atoms with van der Waals surface area (Å²) in [6.07, 6.45) is 2.62. The molecule has 8 nitrogen and oxygen atoms in total. The standard InChI is InChI=1S/C23H17F2N7O/c1-12-7-13(2)27-18(8-12)16-10-26-30-21(16)23(33)28-19-9-20-29-22(31-32(20)11-17(19)25)14-3-5-15(24)6-4-14/h3-11H,1-2H3,(H,26,30)(H,28,33). The molecule has 0 radical (unpaired) electrons. The number of benzene rings is 1. The van der Waals surface area contributed by atoms with E-state index in [1.165, 1.54) is 41.0 Å². The molecule has 5 aromatic rings. The molecule has 0 saturated carbocycles. The Balaban J connectivity index is 1.46. The summed E-state index contributed by atoms with van der Waals surface area (Å²) in [6, 6.07) is 10.8. The lowest BCUT2D eigenvalue weighted by atomic mass is 10.1. The maximum absolute atomic E-state index is 14.7. The van der Waals surface area contributed by atoms with Gasteiger partial charge >= 0.3 is 0 Å². The van der Waals surface area contributed by atoms with Crippen molar-refractivity contribution in [2.75, 3.05) is 5.32 Å². The first kappa shape index (κ1) is 20.4. The Morgan fingerprint density at radius 1 is 1.06 bits per heavy atom. The van der Waals surface area contributed by atoms with Crippen molar-refractivity contribution in [1.29, 1.82) is 0 Å². The fourth-order valence-electron chi connectivity index (χ4n) is 3.54. The third kappa shape index (κ3) is 3.93. The number of fused-ring (bicyclic) bond motifs is 1. The molecule has 0 saturated heterocycles. The number of pyridine rings is 2. The van der Waals surface area contributed by atoms with Gasteiger partial charge in [-0.2, -0.15) is 5.10 Å². The van der Waals surface area contributed by atoms with Crippen LogP contribution in [-0.2, 0) is 0 Å². The van der Waals surface area contributed by atoms with Gasteiger partial charge in [0.2, 0.25) is 0 Å². The number of nitrogens with one attached hydrogen (secondary N) is 2. The van der Waals surface area contributed by atoms with Crippen LogP contribution >= 0.6 is 0 Å². The zero-order valence-corrected chi connectivity index (χ0v) is 17.6. The van der Waals surface area contributed by atoms with Crippen LogP contribution in [0.15, 0.2) is 54.9 Å². The van der Waals surface area contributed by atoms with Crippen molar-refractivity contribution in [3.05, 3.63) is 83.4 Å². The fraction of sp³-hybridized carbons (Fsp3) is 0.0870. The predicted molar refractivity (Wildman–Crippen MR) is 118 cm³/mol. The van der Waals surface area contributed by atoms with Crippen LogP contribution in [0.4, 0.5) is 14.5 Å². The quantitative estimate of drug-likeness (QED) is 0.429. The molecule has 1 aromatic carbocycles. The van der Waals surface area contributed by atoms with E-state index >= 15 is 0 Å². The van der Waals surface area contributed by atoms with Gasteiger partial charge in [0.05, 0.1) is 29.3 Å². The maximum atomic E-state index is 14.7. The summed E-state index contributed by atoms with van der Waals surface area (Å²) in [5, 5.41) is 13.4. The number of hydrogen-bond acceptors (Lipinski definition) is 5. The average molecular weight is 445 g/mol. The summed E-state index contributed by atoms with van der Waals surface area (Å²) < 4.78 is 29.2. The average Bonchev–Trinajstić information content (AvgIpc) is 3.41. The lowest BCUT2D eigenvalue weighted by molar-refractivity contribution is 0.102. The van der Waals surface area contributed by atoms with Gasteiger partial charge in [-0.05, 0) is 55.8 Å². The van der Waals surface area contributed by atoms with E-state index in [4.69, 9.17) is 0 Å². The summed E-state index contributed by atoms with van der Waals surface area (Å²) in [5.74, 6) is -1.36. The highest BCUT2D eigenvalue weighted by Gasteiger charge is 2.19. The molecule has 4 heterocycles. The number of aromatic amines is 1. The van der Waals surface area contributed by atoms with E-state index in [-0.39, 0.29) is 17.2 Å². The van der Waals surface area contributed by atoms with Crippen molar-refractivity contribution < 1.29 is 13.6 Å². The molecule has 1 amide bonds. The zero-order valence-electron chi connectivity index (χ0n) is 17.6. The van der Waals surface area contributed by atoms with Gasteiger partial charge in [-0.3, -0.25) is 14.9 Å². The van der Waals surface area contributed by atoms with Crippen LogP contribution < -0.4 is 5.32 Å². The molecule has 0 bridgehead atoms. The number of hydrogen-bond donors (Lipinski definition) is 2. The first-order chi connectivity index (χ1) is 15.9. The second kappa shape index (κ2) is 7.90. The molecule has 10 heteroatoms. The first-order valence-electron chi connectivity index (χ1n) is 9.99. The third-order valence-electron chi connectivity index (χ3n) is 5.01. The monoisotopic (exact) mass is 445 g/mol. The van der Waals surface area contributed by atoms with Crippen LogP contribution in [0.25, 0.3) is 28.3 Å². The lowest BCUT2D eigenvalue weighted by Gasteiger charge is -2.08. The second-order valence-corrected chi connectivity index (χ2v) is 7.56. The molecule has 4 aromatic heterocycles. The Hall–Kier alpha value is -4.47. The number of carbonyl (C=O) groups is 1. The Morgan fingerprint density at radius 3 is 2.61 bits per heavy atom. The van der Waals surface area contributed by atoms with E-state index in [1.54, 1.807) is 0 Å². The van der Waals surface area contributed by atoms with E-state index in [9.17, 15) is 13.6 Å². The van der Waals surface area contributed by atoms with Crippen molar-refractivity contribution in [1.82, 2.24) is 29.8 Å². The lowest BCUT2D eigenvalue weighted by Crippen LogP contribution is -2.15. The summed E-state index contributed by atoms with van der Waals surface area (Å²) in [7, 11) is 0. The molecule has 5 rings (SSSR count). The molecule has 33 heavy (non-hydrogen) atoms. The smallest absolute Gasteiger partial charge is 0.274 e. The molecular weight excluding hydrogens is 428 g/mol. The Labute approximate surface area is 186 Å². The molecule has 0 atom stereocenters. The first-order valence-corrected chi connectivity index (χ1v) is 9.99. The van der Waals surface area contributed by atoms with Gasteiger partial charge in [0, 0.05) is 17.3 Å². The number of anilines is 1. The van der Waals surface area contributed by atoms with Gasteiger partial charge in [-0.25, -0.2) is 18.3 Å². The van der Waals surface area contributed by atoms with Crippen molar-refractivity contribution >= 4 is 17.2 Å². The molecule has 0 fully saturated rings. The van der Waals surface area contributed by atoms with Crippen molar-refractivity contribution in [2.45, 2.75) is 13.8 Å². The largest absolute Gasteiger partial charge is 0.318 e. The number of carbonyl (C=O) groups excluding carboxylic acids is 1. The Bertz CT molecular complexity index is 1490. The van der Waals surface area contributed by atoms with Gasteiger partial charge in [-0.1, -0.05) is 0 Å². The molecule has 0 aliphatic carbocycles. The van der Waals surface area contributed by atoms with Gasteiger partial charge in [0.25, 0.3) is 5.91 Å². The summed E-state index contributed by atoms with van der Waals surface area (Å²) in [5.41, 5.74) is 3.86. The number of aryl methyl sites for hydroxylation is 2. The summed E-state index contributed by atoms with van der Waals surface area (Å²) in [4.78, 5) is 21.7. The van der Waals surface area contributed by atoms with E-state index in [0.717, 1.165) is 17.5 Å². The van der Waals surface area contributed by atoms with Crippen LogP contribution in [0.2, 0.25) is 0 Å². The Morgan fingerprint density at radius 2 is 1.85 bits per heavy atom. The van der Waals surface area contributed by atoms with Crippen LogP contribution in [0.1, 0.15) is 21.7 Å². The van der Waals surface area contributed by atoms with Crippen molar-refractivity contribution in [2.24, 2.45) is 0 Å². The molecule has 0 aliphatic heterocycles. The number of nitrogens with zero attached hydrogens (tertiary/aromatic N) is 5. The normalized spacial score (nSPS) is 11.2. The number of halogens is 2. The van der Waals surface area contributed by atoms with Crippen LogP contribution in [0.3, 0.4) is 0 Å². The molecule has 0 spiro atoms. The third-order valence-corrected chi connectivity index (χ3v) is 5.01. The second-order valence-electron chi connectivity index (χ2n) is 7.56. The highest BCUT2D eigenvalue weighted by atomic mass is 19.1. The number of amides is 1. The van der Waals surface area contributed by atoms with Crippen molar-refractivity contribution in [3.63, 3.8) is 0 Å². The predicted octanol–water partition coefficient (Wildman–Crippen LogP) is 4.33. The van der Waals surface area contributed by atoms with E-state index in [0.29, 0.717) is 28.3 Å². The fourth-order valence-corrected chi connectivity index (χ4v) is 3.54. The van der Waals surface area contributed by atoms with E-state index in [1.807, 2.05) is 26.0 Å². The number of aromatic nitrogens is 6. The van der Waals surface area contributed by atoms with Crippen LogP contribution in [0.5, 0.6) is 0 Å². The molecule has 2 N–H and O–H groups in total. The van der Waals surface area contributed by atoms with Crippen molar-refractivity contribution in [3.8, 4) is 22.6 Å². The number of rotatable bonds is 4. The molecular formula is C23H17F2N7O. The van der Waals surface area contributed by atoms with E-state index < -0.39 is 11.7 Å². The molecule has 0 aliphatic rings. The SMILES string of the molecule is Cc1cc(C)nc(-c2cn[nH]c2C(=O)Nc2cc3nc(-c4ccc(F)cc4)nn3cc2F)c1. The van der Waals surface area contributed by atoms with Gasteiger partial charge < -0.3 is 5.32 Å². The minimum absolute atomic E-state index is 0.0699. The maximum Gasteiger partial charge on any atom is 0.274 e.